The van der Waals surface area contributed by atoms with Crippen LogP contribution in [0, 0.1) is 5.41 Å². The van der Waals surface area contributed by atoms with Crippen LogP contribution in [0.5, 0.6) is 0 Å². The maximum Gasteiger partial charge on any atom is 0.229 e. The van der Waals surface area contributed by atoms with Gasteiger partial charge in [0.2, 0.25) is 5.91 Å². The minimum Gasteiger partial charge on any atom is -0.345 e. The van der Waals surface area contributed by atoms with E-state index >= 15 is 0 Å². The Hall–Kier alpha value is -0.830. The highest BCUT2D eigenvalue weighted by molar-refractivity contribution is 5.81. The van der Waals surface area contributed by atoms with Crippen LogP contribution in [0.15, 0.2) is 12.7 Å². The molecule has 3 nitrogen and oxygen atoms in total. The maximum atomic E-state index is 11.8. The number of rotatable bonds is 6. The van der Waals surface area contributed by atoms with Crippen LogP contribution in [0.4, 0.5) is 0 Å². The molecule has 0 aromatic rings. The number of unbranched alkanes of at least 4 members (excludes halogenated alkanes) is 1. The minimum atomic E-state index is -0.442. The first-order chi connectivity index (χ1) is 6.45. The van der Waals surface area contributed by atoms with Crippen LogP contribution in [-0.2, 0) is 4.79 Å². The van der Waals surface area contributed by atoms with Crippen LogP contribution in [0.3, 0.4) is 0 Å². The van der Waals surface area contributed by atoms with Crippen molar-refractivity contribution in [3.8, 4) is 0 Å². The Morgan fingerprint density at radius 3 is 2.57 bits per heavy atom. The molecule has 3 heteroatoms. The average molecular weight is 198 g/mol. The highest BCUT2D eigenvalue weighted by Crippen LogP contribution is 2.16. The first-order valence-corrected chi connectivity index (χ1v) is 5.02. The Morgan fingerprint density at radius 2 is 2.14 bits per heavy atom. The predicted octanol–water partition coefficient (Wildman–Crippen LogP) is 1.40. The molecule has 0 aliphatic carbocycles. The number of carbonyl (C=O) groups is 1. The molecule has 0 spiro atoms. The first kappa shape index (κ1) is 13.2. The number of carbonyl (C=O) groups excluding carboxylic acids is 1. The van der Waals surface area contributed by atoms with Crippen LogP contribution in [0.1, 0.15) is 26.7 Å². The zero-order valence-electron chi connectivity index (χ0n) is 9.55. The van der Waals surface area contributed by atoms with Crippen molar-refractivity contribution in [2.75, 3.05) is 20.1 Å². The van der Waals surface area contributed by atoms with E-state index in [9.17, 15) is 4.79 Å². The lowest BCUT2D eigenvalue weighted by molar-refractivity contribution is -0.138. The van der Waals surface area contributed by atoms with Gasteiger partial charge in [0.25, 0.3) is 0 Å². The molecule has 0 saturated heterocycles. The van der Waals surface area contributed by atoms with Gasteiger partial charge in [-0.2, -0.15) is 0 Å². The van der Waals surface area contributed by atoms with E-state index in [2.05, 4.69) is 6.58 Å². The standard InChI is InChI=1S/C11H22N2O/c1-5-6-7-8-13(4)10(14)11(2,3)9-12/h5H,1,6-9,12H2,2-4H3. The van der Waals surface area contributed by atoms with Gasteiger partial charge in [-0.1, -0.05) is 6.08 Å². The van der Waals surface area contributed by atoms with Gasteiger partial charge in [0.05, 0.1) is 5.41 Å². The summed E-state index contributed by atoms with van der Waals surface area (Å²) in [6.45, 7) is 8.55. The molecule has 82 valence electrons. The summed E-state index contributed by atoms with van der Waals surface area (Å²) in [6.07, 6.45) is 3.78. The van der Waals surface area contributed by atoms with Crippen LogP contribution in [-0.4, -0.2) is 30.9 Å². The zero-order chi connectivity index (χ0) is 11.2. The van der Waals surface area contributed by atoms with E-state index in [0.29, 0.717) is 6.54 Å². The summed E-state index contributed by atoms with van der Waals surface area (Å²) in [6, 6.07) is 0. The molecular weight excluding hydrogens is 176 g/mol. The molecule has 0 unspecified atom stereocenters. The number of amides is 1. The van der Waals surface area contributed by atoms with Crippen molar-refractivity contribution in [1.82, 2.24) is 4.90 Å². The summed E-state index contributed by atoms with van der Waals surface area (Å²) < 4.78 is 0. The summed E-state index contributed by atoms with van der Waals surface area (Å²) in [5.41, 5.74) is 5.09. The van der Waals surface area contributed by atoms with Crippen molar-refractivity contribution >= 4 is 5.91 Å². The van der Waals surface area contributed by atoms with Gasteiger partial charge in [-0.05, 0) is 26.7 Å². The van der Waals surface area contributed by atoms with Crippen molar-refractivity contribution in [2.24, 2.45) is 11.1 Å². The van der Waals surface area contributed by atoms with Crippen molar-refractivity contribution < 1.29 is 4.79 Å². The van der Waals surface area contributed by atoms with Gasteiger partial charge < -0.3 is 10.6 Å². The Labute approximate surface area is 87.0 Å². The van der Waals surface area contributed by atoms with E-state index < -0.39 is 5.41 Å². The Balaban J connectivity index is 4.05. The van der Waals surface area contributed by atoms with Crippen molar-refractivity contribution in [1.29, 1.82) is 0 Å². The molecule has 0 fully saturated rings. The molecule has 0 heterocycles. The highest BCUT2D eigenvalue weighted by atomic mass is 16.2. The fraction of sp³-hybridized carbons (Fsp3) is 0.727. The molecule has 14 heavy (non-hydrogen) atoms. The van der Waals surface area contributed by atoms with Gasteiger partial charge >= 0.3 is 0 Å². The zero-order valence-corrected chi connectivity index (χ0v) is 9.55. The highest BCUT2D eigenvalue weighted by Gasteiger charge is 2.28. The van der Waals surface area contributed by atoms with Gasteiger partial charge in [-0.25, -0.2) is 0 Å². The van der Waals surface area contributed by atoms with Crippen molar-refractivity contribution in [3.05, 3.63) is 12.7 Å². The number of hydrogen-bond donors (Lipinski definition) is 1. The lowest BCUT2D eigenvalue weighted by atomic mass is 9.92. The quantitative estimate of drug-likeness (QED) is 0.518. The summed E-state index contributed by atoms with van der Waals surface area (Å²) >= 11 is 0. The lowest BCUT2D eigenvalue weighted by Crippen LogP contribution is -2.43. The molecule has 0 atom stereocenters. The lowest BCUT2D eigenvalue weighted by Gasteiger charge is -2.28. The molecule has 0 saturated carbocycles. The summed E-state index contributed by atoms with van der Waals surface area (Å²) in [5, 5.41) is 0. The van der Waals surface area contributed by atoms with Gasteiger partial charge in [0.1, 0.15) is 0 Å². The second-order valence-electron chi connectivity index (χ2n) is 4.25. The van der Waals surface area contributed by atoms with E-state index in [-0.39, 0.29) is 5.91 Å². The van der Waals surface area contributed by atoms with Gasteiger partial charge in [0, 0.05) is 20.1 Å². The third kappa shape index (κ3) is 3.92. The normalized spacial score (nSPS) is 11.1. The minimum absolute atomic E-state index is 0.115. The molecule has 0 aliphatic rings. The number of allylic oxidation sites excluding steroid dienone is 1. The SMILES string of the molecule is C=CCCCN(C)C(=O)C(C)(C)CN. The first-order valence-electron chi connectivity index (χ1n) is 5.02. The Kier molecular flexibility index (Phi) is 5.46. The van der Waals surface area contributed by atoms with Crippen molar-refractivity contribution in [2.45, 2.75) is 26.7 Å². The van der Waals surface area contributed by atoms with E-state index in [4.69, 9.17) is 5.73 Å². The third-order valence-electron chi connectivity index (χ3n) is 2.34. The van der Waals surface area contributed by atoms with E-state index in [0.717, 1.165) is 19.4 Å². The molecule has 2 N–H and O–H groups in total. The largest absolute Gasteiger partial charge is 0.345 e. The van der Waals surface area contributed by atoms with Gasteiger partial charge in [0.15, 0.2) is 0 Å². The Bertz CT molecular complexity index is 199. The molecular formula is C11H22N2O. The van der Waals surface area contributed by atoms with Gasteiger partial charge in [-0.3, -0.25) is 4.79 Å². The van der Waals surface area contributed by atoms with E-state index in [1.165, 1.54) is 0 Å². The van der Waals surface area contributed by atoms with E-state index in [1.807, 2.05) is 27.0 Å². The van der Waals surface area contributed by atoms with Gasteiger partial charge in [-0.15, -0.1) is 6.58 Å². The average Bonchev–Trinajstić information content (AvgIpc) is 2.17. The van der Waals surface area contributed by atoms with E-state index in [1.54, 1.807) is 4.90 Å². The topological polar surface area (TPSA) is 46.3 Å². The third-order valence-corrected chi connectivity index (χ3v) is 2.34. The molecule has 0 aliphatic heterocycles. The summed E-state index contributed by atoms with van der Waals surface area (Å²) in [7, 11) is 1.82. The Morgan fingerprint density at radius 1 is 1.57 bits per heavy atom. The maximum absolute atomic E-state index is 11.8. The molecule has 1 amide bonds. The predicted molar refractivity (Wildman–Crippen MR) is 59.9 cm³/mol. The number of hydrogen-bond acceptors (Lipinski definition) is 2. The van der Waals surface area contributed by atoms with Crippen LogP contribution in [0.2, 0.25) is 0 Å². The second-order valence-corrected chi connectivity index (χ2v) is 4.25. The molecule has 0 aromatic carbocycles. The summed E-state index contributed by atoms with van der Waals surface area (Å²) in [4.78, 5) is 13.6. The van der Waals surface area contributed by atoms with Crippen molar-refractivity contribution in [3.63, 3.8) is 0 Å². The van der Waals surface area contributed by atoms with Crippen LogP contribution < -0.4 is 5.73 Å². The molecule has 0 rings (SSSR count). The molecule has 0 bridgehead atoms. The number of nitrogens with two attached hydrogens (primary N) is 1. The molecule has 0 aromatic heterocycles. The number of nitrogens with zero attached hydrogens (tertiary/aromatic N) is 1. The fourth-order valence-electron chi connectivity index (χ4n) is 1.18. The molecule has 0 radical (unpaired) electrons. The van der Waals surface area contributed by atoms with Crippen LogP contribution >= 0.6 is 0 Å². The smallest absolute Gasteiger partial charge is 0.229 e. The second kappa shape index (κ2) is 5.81. The fourth-order valence-corrected chi connectivity index (χ4v) is 1.18. The monoisotopic (exact) mass is 198 g/mol. The summed E-state index contributed by atoms with van der Waals surface area (Å²) in [5.74, 6) is 0.115. The van der Waals surface area contributed by atoms with Crippen LogP contribution in [0.25, 0.3) is 0 Å².